The summed E-state index contributed by atoms with van der Waals surface area (Å²) in [5, 5.41) is 3.39. The Morgan fingerprint density at radius 1 is 1.17 bits per heavy atom. The summed E-state index contributed by atoms with van der Waals surface area (Å²) < 4.78 is 0. The normalized spacial score (nSPS) is 21.2. The largest absolute Gasteiger partial charge is 0.316 e. The molecular weight excluding hydrogens is 146 g/mol. The summed E-state index contributed by atoms with van der Waals surface area (Å²) in [5.41, 5.74) is 0. The van der Waals surface area contributed by atoms with E-state index in [1.807, 2.05) is 27.7 Å². The Morgan fingerprint density at radius 3 is 2.00 bits per heavy atom. The molecule has 0 saturated carbocycles. The van der Waals surface area contributed by atoms with Crippen molar-refractivity contribution >= 4 is 0 Å². The first-order chi connectivity index (χ1) is 5.93. The highest BCUT2D eigenvalue weighted by Gasteiger charge is 2.08. The van der Waals surface area contributed by atoms with Crippen LogP contribution in [0.4, 0.5) is 0 Å². The maximum absolute atomic E-state index is 3.39. The average Bonchev–Trinajstić information content (AvgIpc) is 2.25. The van der Waals surface area contributed by atoms with Gasteiger partial charge in [-0.3, -0.25) is 0 Å². The molecule has 1 fully saturated rings. The highest BCUT2D eigenvalue weighted by Crippen LogP contribution is 2.12. The lowest BCUT2D eigenvalue weighted by Gasteiger charge is -2.20. The van der Waals surface area contributed by atoms with Gasteiger partial charge in [0.1, 0.15) is 0 Å². The maximum Gasteiger partial charge on any atom is -0.00206 e. The number of hydrogen-bond donors (Lipinski definition) is 1. The van der Waals surface area contributed by atoms with Gasteiger partial charge in [0.15, 0.2) is 0 Å². The van der Waals surface area contributed by atoms with Crippen LogP contribution in [0.25, 0.3) is 0 Å². The Balaban J connectivity index is 0. The number of piperidine rings is 1. The molecule has 0 aromatic rings. The molecule has 0 aromatic heterocycles. The second-order valence-electron chi connectivity index (χ2n) is 2.62. The van der Waals surface area contributed by atoms with Crippen molar-refractivity contribution in [3.63, 3.8) is 0 Å². The van der Waals surface area contributed by atoms with Crippen molar-refractivity contribution in [1.82, 2.24) is 5.32 Å². The van der Waals surface area contributed by atoms with Crippen LogP contribution in [-0.4, -0.2) is 13.1 Å². The van der Waals surface area contributed by atoms with Crippen LogP contribution < -0.4 is 5.32 Å². The third kappa shape index (κ3) is 8.06. The first-order valence-electron chi connectivity index (χ1n) is 5.64. The predicted octanol–water partition coefficient (Wildman–Crippen LogP) is 3.45. The van der Waals surface area contributed by atoms with Gasteiger partial charge in [-0.25, -0.2) is 0 Å². The molecule has 0 aliphatic carbocycles. The fourth-order valence-electron chi connectivity index (χ4n) is 1.27. The van der Waals surface area contributed by atoms with Crippen molar-refractivity contribution in [1.29, 1.82) is 0 Å². The second-order valence-corrected chi connectivity index (χ2v) is 2.62. The number of rotatable bonds is 1. The molecule has 0 bridgehead atoms. The van der Waals surface area contributed by atoms with E-state index in [1.54, 1.807) is 0 Å². The van der Waals surface area contributed by atoms with E-state index < -0.39 is 0 Å². The molecule has 1 aliphatic heterocycles. The van der Waals surface area contributed by atoms with Crippen LogP contribution in [0.3, 0.4) is 0 Å². The molecule has 1 unspecified atom stereocenters. The molecule has 1 rings (SSSR count). The molecule has 76 valence electrons. The molecule has 1 aliphatic rings. The minimum Gasteiger partial charge on any atom is -0.316 e. The van der Waals surface area contributed by atoms with Crippen molar-refractivity contribution in [2.24, 2.45) is 5.92 Å². The lowest BCUT2D eigenvalue weighted by Crippen LogP contribution is -2.29. The third-order valence-corrected chi connectivity index (χ3v) is 1.98. The zero-order chi connectivity index (χ0) is 9.82. The van der Waals surface area contributed by atoms with Gasteiger partial charge >= 0.3 is 0 Å². The zero-order valence-corrected chi connectivity index (χ0v) is 9.61. The molecule has 0 amide bonds. The minimum atomic E-state index is 0.976. The van der Waals surface area contributed by atoms with E-state index in [-0.39, 0.29) is 0 Å². The number of nitrogens with one attached hydrogen (secondary N) is 1. The van der Waals surface area contributed by atoms with Crippen LogP contribution in [0.2, 0.25) is 0 Å². The zero-order valence-electron chi connectivity index (χ0n) is 9.61. The summed E-state index contributed by atoms with van der Waals surface area (Å²) >= 11 is 0. The van der Waals surface area contributed by atoms with Crippen LogP contribution >= 0.6 is 0 Å². The standard InChI is InChI=1S/C7H15N.2C2H6/c1-2-7-4-3-5-8-6-7;2*1-2/h7-8H,2-6H2,1H3;2*1-2H3. The SMILES string of the molecule is CC.CC.CCC1CCCNC1. The van der Waals surface area contributed by atoms with Crippen molar-refractivity contribution < 1.29 is 0 Å². The van der Waals surface area contributed by atoms with Gasteiger partial charge in [-0.15, -0.1) is 0 Å². The van der Waals surface area contributed by atoms with Gasteiger partial charge in [-0.1, -0.05) is 41.0 Å². The molecule has 0 spiro atoms. The molecule has 1 nitrogen and oxygen atoms in total. The van der Waals surface area contributed by atoms with Crippen LogP contribution in [-0.2, 0) is 0 Å². The van der Waals surface area contributed by atoms with E-state index in [1.165, 1.54) is 32.4 Å². The van der Waals surface area contributed by atoms with Crippen molar-refractivity contribution in [2.45, 2.75) is 53.9 Å². The molecular formula is C11H27N. The predicted molar refractivity (Wildman–Crippen MR) is 58.6 cm³/mol. The summed E-state index contributed by atoms with van der Waals surface area (Å²) in [6.45, 7) is 12.8. The monoisotopic (exact) mass is 173 g/mol. The number of hydrogen-bond acceptors (Lipinski definition) is 1. The van der Waals surface area contributed by atoms with E-state index >= 15 is 0 Å². The molecule has 1 atom stereocenters. The smallest absolute Gasteiger partial charge is 0.00206 e. The van der Waals surface area contributed by atoms with Crippen LogP contribution in [0, 0.1) is 5.92 Å². The Kier molecular flexibility index (Phi) is 16.3. The van der Waals surface area contributed by atoms with E-state index in [2.05, 4.69) is 12.2 Å². The maximum atomic E-state index is 3.39. The summed E-state index contributed by atoms with van der Waals surface area (Å²) in [5.74, 6) is 0.976. The van der Waals surface area contributed by atoms with Crippen molar-refractivity contribution in [3.8, 4) is 0 Å². The second kappa shape index (κ2) is 13.5. The lowest BCUT2D eigenvalue weighted by atomic mass is 9.97. The Morgan fingerprint density at radius 2 is 1.75 bits per heavy atom. The Bertz CT molecular complexity index is 56.0. The van der Waals surface area contributed by atoms with Gasteiger partial charge in [0, 0.05) is 0 Å². The first-order valence-corrected chi connectivity index (χ1v) is 5.64. The van der Waals surface area contributed by atoms with E-state index in [9.17, 15) is 0 Å². The molecule has 0 aromatic carbocycles. The van der Waals surface area contributed by atoms with E-state index in [0.29, 0.717) is 0 Å². The van der Waals surface area contributed by atoms with Gasteiger partial charge in [-0.05, 0) is 31.8 Å². The van der Waals surface area contributed by atoms with E-state index in [4.69, 9.17) is 0 Å². The quantitative estimate of drug-likeness (QED) is 0.640. The van der Waals surface area contributed by atoms with Crippen LogP contribution in [0.5, 0.6) is 0 Å². The van der Waals surface area contributed by atoms with Gasteiger partial charge in [0.25, 0.3) is 0 Å². The first kappa shape index (κ1) is 14.5. The molecule has 1 heteroatoms. The lowest BCUT2D eigenvalue weighted by molar-refractivity contribution is 0.369. The average molecular weight is 173 g/mol. The highest BCUT2D eigenvalue weighted by atomic mass is 14.9. The summed E-state index contributed by atoms with van der Waals surface area (Å²) in [4.78, 5) is 0. The van der Waals surface area contributed by atoms with Gasteiger partial charge in [0.05, 0.1) is 0 Å². The molecule has 1 saturated heterocycles. The highest BCUT2D eigenvalue weighted by molar-refractivity contribution is 4.66. The fraction of sp³-hybridized carbons (Fsp3) is 1.00. The topological polar surface area (TPSA) is 12.0 Å². The van der Waals surface area contributed by atoms with Crippen molar-refractivity contribution in [2.75, 3.05) is 13.1 Å². The summed E-state index contributed by atoms with van der Waals surface area (Å²) in [6, 6.07) is 0. The van der Waals surface area contributed by atoms with Gasteiger partial charge in [-0.2, -0.15) is 0 Å². The van der Waals surface area contributed by atoms with Crippen LogP contribution in [0.15, 0.2) is 0 Å². The van der Waals surface area contributed by atoms with Crippen LogP contribution in [0.1, 0.15) is 53.9 Å². The van der Waals surface area contributed by atoms with E-state index in [0.717, 1.165) is 5.92 Å². The molecule has 0 radical (unpaired) electrons. The van der Waals surface area contributed by atoms with Crippen molar-refractivity contribution in [3.05, 3.63) is 0 Å². The fourth-order valence-corrected chi connectivity index (χ4v) is 1.27. The Hall–Kier alpha value is -0.0400. The molecule has 1 heterocycles. The van der Waals surface area contributed by atoms with Gasteiger partial charge in [0.2, 0.25) is 0 Å². The Labute approximate surface area is 78.9 Å². The summed E-state index contributed by atoms with van der Waals surface area (Å²) in [7, 11) is 0. The third-order valence-electron chi connectivity index (χ3n) is 1.98. The summed E-state index contributed by atoms with van der Waals surface area (Å²) in [6.07, 6.45) is 4.19. The minimum absolute atomic E-state index is 0.976. The molecule has 12 heavy (non-hydrogen) atoms. The molecule has 1 N–H and O–H groups in total. The van der Waals surface area contributed by atoms with Gasteiger partial charge < -0.3 is 5.32 Å².